The van der Waals surface area contributed by atoms with Crippen LogP contribution in [0.25, 0.3) is 33.3 Å². The number of cyclic esters (lactones) is 1. The average Bonchev–Trinajstić information content (AvgIpc) is 3.58. The molecule has 3 atom stereocenters. The van der Waals surface area contributed by atoms with E-state index in [-0.39, 0.29) is 30.9 Å². The van der Waals surface area contributed by atoms with Crippen molar-refractivity contribution in [3.63, 3.8) is 0 Å². The topological polar surface area (TPSA) is 144 Å². The second kappa shape index (κ2) is 20.8. The SMILES string of the molecule is CCC(C)N(C)C(=O)c1cncc(-c2c3c4cc(ccc4n2CC)-c2cc(cc(O[Si](C(C)C)(C(C)C)C(C)C)c2)C[C@H](NC(=O)OC(C)(C)C)C(=O)N2CCC[C@H](N2)C(=O)OCC(C)(C)C3)c1. The quantitative estimate of drug-likeness (QED) is 0.111. The summed E-state index contributed by atoms with van der Waals surface area (Å²) in [5, 5.41) is 5.39. The number of aromatic nitrogens is 2. The number of nitrogens with one attached hydrogen (secondary N) is 2. The van der Waals surface area contributed by atoms with Crippen LogP contribution < -0.4 is 15.2 Å². The number of benzene rings is 2. The molecule has 13 nitrogen and oxygen atoms in total. The molecule has 68 heavy (non-hydrogen) atoms. The van der Waals surface area contributed by atoms with Crippen LogP contribution in [0.5, 0.6) is 5.75 Å². The smallest absolute Gasteiger partial charge is 0.408 e. The second-order valence-electron chi connectivity index (χ2n) is 21.9. The highest BCUT2D eigenvalue weighted by atomic mass is 28.4. The van der Waals surface area contributed by atoms with E-state index < -0.39 is 43.5 Å². The largest absolute Gasteiger partial charge is 0.543 e. The van der Waals surface area contributed by atoms with Gasteiger partial charge in [0.25, 0.3) is 20.1 Å². The van der Waals surface area contributed by atoms with Crippen LogP contribution in [0.15, 0.2) is 54.9 Å². The Bertz CT molecular complexity index is 2470. The highest BCUT2D eigenvalue weighted by Gasteiger charge is 2.47. The Hall–Kier alpha value is -5.21. The first-order valence-electron chi connectivity index (χ1n) is 24.8. The number of alkyl carbamates (subject to hydrolysis) is 1. The Morgan fingerprint density at radius 2 is 1.65 bits per heavy atom. The Morgan fingerprint density at radius 3 is 2.28 bits per heavy atom. The van der Waals surface area contributed by atoms with Gasteiger partial charge in [0.15, 0.2) is 0 Å². The van der Waals surface area contributed by atoms with Crippen LogP contribution in [-0.4, -0.2) is 95.6 Å². The van der Waals surface area contributed by atoms with Gasteiger partial charge in [0.1, 0.15) is 23.4 Å². The number of carbonyl (C=O) groups excluding carboxylic acids is 4. The first-order chi connectivity index (χ1) is 31.9. The molecular weight excluding hydrogens is 873 g/mol. The van der Waals surface area contributed by atoms with Gasteiger partial charge in [0.2, 0.25) is 0 Å². The number of aryl methyl sites for hydroxylation is 1. The summed E-state index contributed by atoms with van der Waals surface area (Å²) in [7, 11) is -0.641. The summed E-state index contributed by atoms with van der Waals surface area (Å²) in [6, 6.07) is 13.0. The molecule has 2 aliphatic heterocycles. The molecule has 4 aromatic rings. The van der Waals surface area contributed by atoms with Crippen molar-refractivity contribution in [1.29, 1.82) is 0 Å². The minimum Gasteiger partial charge on any atom is -0.543 e. The molecule has 370 valence electrons. The number of carbonyl (C=O) groups is 4. The fourth-order valence-corrected chi connectivity index (χ4v) is 15.7. The molecule has 6 bridgehead atoms. The predicted octanol–water partition coefficient (Wildman–Crippen LogP) is 10.9. The first kappa shape index (κ1) is 52.2. The van der Waals surface area contributed by atoms with Gasteiger partial charge in [0.05, 0.1) is 17.9 Å². The zero-order valence-electron chi connectivity index (χ0n) is 43.5. The van der Waals surface area contributed by atoms with Gasteiger partial charge in [-0.15, -0.1) is 0 Å². The molecule has 1 unspecified atom stereocenters. The number of esters is 1. The lowest BCUT2D eigenvalue weighted by Crippen LogP contribution is -2.60. The molecule has 1 fully saturated rings. The van der Waals surface area contributed by atoms with E-state index in [1.807, 2.05) is 32.3 Å². The van der Waals surface area contributed by atoms with Gasteiger partial charge in [-0.1, -0.05) is 74.4 Å². The van der Waals surface area contributed by atoms with Crippen molar-refractivity contribution < 1.29 is 33.1 Å². The van der Waals surface area contributed by atoms with E-state index in [1.54, 1.807) is 31.9 Å². The molecule has 1 saturated heterocycles. The number of fused-ring (bicyclic) bond motifs is 6. The molecular formula is C54H78N6O7Si. The second-order valence-corrected chi connectivity index (χ2v) is 27.3. The van der Waals surface area contributed by atoms with Gasteiger partial charge in [-0.25, -0.2) is 10.2 Å². The molecule has 0 spiro atoms. The molecule has 2 aliphatic rings. The van der Waals surface area contributed by atoms with Crippen molar-refractivity contribution in [3.05, 3.63) is 71.5 Å². The van der Waals surface area contributed by atoms with Crippen molar-refractivity contribution >= 4 is 43.1 Å². The van der Waals surface area contributed by atoms with E-state index in [9.17, 15) is 19.2 Å². The molecule has 14 heteroatoms. The maximum Gasteiger partial charge on any atom is 0.408 e. The number of amides is 3. The number of hydrazine groups is 1. The third kappa shape index (κ3) is 11.3. The molecule has 4 heterocycles. The maximum absolute atomic E-state index is 14.7. The highest BCUT2D eigenvalue weighted by molar-refractivity contribution is 6.78. The third-order valence-corrected chi connectivity index (χ3v) is 20.0. The molecule has 2 aromatic heterocycles. The summed E-state index contributed by atoms with van der Waals surface area (Å²) in [6.07, 6.45) is 5.29. The van der Waals surface area contributed by atoms with Crippen LogP contribution in [-0.2, 0) is 38.4 Å². The average molecular weight is 951 g/mol. The molecule has 0 saturated carbocycles. The van der Waals surface area contributed by atoms with Gasteiger partial charge in [0, 0.05) is 66.9 Å². The molecule has 2 N–H and O–H groups in total. The van der Waals surface area contributed by atoms with Crippen molar-refractivity contribution in [2.24, 2.45) is 5.41 Å². The first-order valence-corrected chi connectivity index (χ1v) is 27.0. The number of rotatable bonds is 11. The van der Waals surface area contributed by atoms with Crippen LogP contribution in [0.2, 0.25) is 16.6 Å². The standard InChI is InChI=1S/C54H78N6O7Si/c1-16-36(9)58(15)49(61)41-26-40(30-55-31-41)48-44-29-54(13,14)32-65-51(63)45-19-18-22-60(57-45)50(62)46(56-52(64)66-53(10,11)12)25-37-23-39(38-20-21-47(43(44)28-38)59(48)17-2)27-42(24-37)67-68(33(3)4,34(5)6)35(7)8/h20-21,23-24,26-28,30-31,33-36,45-46,57H,16-19,22,25,29,32H2,1-15H3,(H,56,64)/t36?,45-,46-/m0/s1. The summed E-state index contributed by atoms with van der Waals surface area (Å²) in [5.74, 6) is -0.200. The lowest BCUT2D eigenvalue weighted by molar-refractivity contribution is -0.155. The number of hydrogen-bond donors (Lipinski definition) is 2. The lowest BCUT2D eigenvalue weighted by atomic mass is 9.84. The fourth-order valence-electron chi connectivity index (χ4n) is 10.5. The molecule has 3 amide bonds. The Kier molecular flexibility index (Phi) is 16.0. The number of hydrogen-bond acceptors (Lipinski definition) is 9. The Labute approximate surface area is 406 Å². The third-order valence-electron chi connectivity index (χ3n) is 14.0. The van der Waals surface area contributed by atoms with Crippen molar-refractivity contribution in [2.45, 2.75) is 176 Å². The van der Waals surface area contributed by atoms with E-state index in [1.165, 1.54) is 5.01 Å². The normalized spacial score (nSPS) is 18.6. The number of nitrogens with zero attached hydrogens (tertiary/aromatic N) is 4. The highest BCUT2D eigenvalue weighted by Crippen LogP contribution is 2.45. The molecule has 6 rings (SSSR count). The van der Waals surface area contributed by atoms with E-state index in [2.05, 4.69) is 120 Å². The van der Waals surface area contributed by atoms with Gasteiger partial charge >= 0.3 is 12.1 Å². The van der Waals surface area contributed by atoms with Crippen LogP contribution in [0.1, 0.15) is 138 Å². The summed E-state index contributed by atoms with van der Waals surface area (Å²) >= 11 is 0. The van der Waals surface area contributed by atoms with Gasteiger partial charge in [-0.2, -0.15) is 0 Å². The van der Waals surface area contributed by atoms with E-state index >= 15 is 0 Å². The van der Waals surface area contributed by atoms with E-state index in [0.717, 1.165) is 56.6 Å². The van der Waals surface area contributed by atoms with E-state index in [0.29, 0.717) is 54.5 Å². The summed E-state index contributed by atoms with van der Waals surface area (Å²) in [5.41, 5.74) is 9.75. The summed E-state index contributed by atoms with van der Waals surface area (Å²) < 4.78 is 21.6. The maximum atomic E-state index is 14.7. The molecule has 2 aromatic carbocycles. The Morgan fingerprint density at radius 1 is 0.956 bits per heavy atom. The van der Waals surface area contributed by atoms with Crippen molar-refractivity contribution in [2.75, 3.05) is 20.2 Å². The summed E-state index contributed by atoms with van der Waals surface area (Å²) in [4.78, 5) is 62.5. The van der Waals surface area contributed by atoms with Crippen molar-refractivity contribution in [1.82, 2.24) is 30.2 Å². The number of pyridine rings is 1. The molecule has 0 aliphatic carbocycles. The van der Waals surface area contributed by atoms with Crippen LogP contribution in [0.4, 0.5) is 4.79 Å². The zero-order chi connectivity index (χ0) is 50.0. The van der Waals surface area contributed by atoms with Crippen LogP contribution >= 0.6 is 0 Å². The Balaban J connectivity index is 1.62. The van der Waals surface area contributed by atoms with Gasteiger partial charge in [-0.3, -0.25) is 24.4 Å². The monoisotopic (exact) mass is 951 g/mol. The minimum absolute atomic E-state index is 0.0588. The summed E-state index contributed by atoms with van der Waals surface area (Å²) in [6.45, 7) is 30.5. The lowest BCUT2D eigenvalue weighted by Gasteiger charge is -2.42. The van der Waals surface area contributed by atoms with Crippen LogP contribution in [0.3, 0.4) is 0 Å². The number of ether oxygens (including phenoxy) is 2. The fraction of sp³-hybridized carbons (Fsp3) is 0.574. The van der Waals surface area contributed by atoms with E-state index in [4.69, 9.17) is 13.9 Å². The van der Waals surface area contributed by atoms with Crippen LogP contribution in [0, 0.1) is 5.41 Å². The minimum atomic E-state index is -2.48. The zero-order valence-corrected chi connectivity index (χ0v) is 44.5. The van der Waals surface area contributed by atoms with Gasteiger partial charge in [-0.05, 0) is 130 Å². The predicted molar refractivity (Wildman–Crippen MR) is 273 cm³/mol. The molecule has 0 radical (unpaired) electrons. The van der Waals surface area contributed by atoms with Crippen molar-refractivity contribution in [3.8, 4) is 28.1 Å². The van der Waals surface area contributed by atoms with Gasteiger partial charge < -0.3 is 28.7 Å².